The van der Waals surface area contributed by atoms with Gasteiger partial charge in [0.05, 0.1) is 11.1 Å². The van der Waals surface area contributed by atoms with Gasteiger partial charge in [-0.3, -0.25) is 9.48 Å². The standard InChI is InChI=1S/C12H15N3O/c1-7-10-11(16)8-5-3-4-6-9(8)13-12(10)15(2)14-7/h3-6H2,1-2H3,(H,13,16). The fourth-order valence-corrected chi connectivity index (χ4v) is 2.66. The van der Waals surface area contributed by atoms with Crippen molar-refractivity contribution >= 4 is 11.0 Å². The number of aromatic nitrogens is 3. The molecule has 0 aliphatic heterocycles. The van der Waals surface area contributed by atoms with Gasteiger partial charge in [0.25, 0.3) is 0 Å². The van der Waals surface area contributed by atoms with Gasteiger partial charge in [-0.1, -0.05) is 0 Å². The second-order valence-electron chi connectivity index (χ2n) is 4.55. The van der Waals surface area contributed by atoms with Crippen LogP contribution in [0.25, 0.3) is 11.0 Å². The number of aryl methyl sites for hydroxylation is 3. The largest absolute Gasteiger partial charge is 0.343 e. The number of nitrogens with zero attached hydrogens (tertiary/aromatic N) is 2. The van der Waals surface area contributed by atoms with Crippen molar-refractivity contribution < 1.29 is 0 Å². The Labute approximate surface area is 93.3 Å². The Hall–Kier alpha value is -1.58. The summed E-state index contributed by atoms with van der Waals surface area (Å²) in [5, 5.41) is 5.07. The number of nitrogens with one attached hydrogen (secondary N) is 1. The van der Waals surface area contributed by atoms with Gasteiger partial charge < -0.3 is 4.98 Å². The molecule has 4 heteroatoms. The maximum atomic E-state index is 12.3. The predicted molar refractivity (Wildman–Crippen MR) is 62.7 cm³/mol. The molecular formula is C12H15N3O. The number of rotatable bonds is 0. The zero-order valence-corrected chi connectivity index (χ0v) is 9.63. The fourth-order valence-electron chi connectivity index (χ4n) is 2.66. The third-order valence-electron chi connectivity index (χ3n) is 3.46. The van der Waals surface area contributed by atoms with Crippen LogP contribution in [0.2, 0.25) is 0 Å². The summed E-state index contributed by atoms with van der Waals surface area (Å²) in [5.41, 5.74) is 3.98. The van der Waals surface area contributed by atoms with E-state index in [1.807, 2.05) is 14.0 Å². The lowest BCUT2D eigenvalue weighted by molar-refractivity contribution is 0.664. The van der Waals surface area contributed by atoms with Crippen molar-refractivity contribution in [3.8, 4) is 0 Å². The first-order chi connectivity index (χ1) is 7.68. The predicted octanol–water partition coefficient (Wildman–Crippen LogP) is 1.45. The van der Waals surface area contributed by atoms with Crippen LogP contribution in [0.3, 0.4) is 0 Å². The van der Waals surface area contributed by atoms with Gasteiger partial charge in [-0.2, -0.15) is 5.10 Å². The van der Waals surface area contributed by atoms with Crippen molar-refractivity contribution in [2.24, 2.45) is 7.05 Å². The topological polar surface area (TPSA) is 50.7 Å². The molecule has 4 nitrogen and oxygen atoms in total. The number of pyridine rings is 1. The molecule has 0 spiro atoms. The lowest BCUT2D eigenvalue weighted by Gasteiger charge is -2.14. The van der Waals surface area contributed by atoms with E-state index in [4.69, 9.17) is 0 Å². The average molecular weight is 217 g/mol. The number of H-pyrrole nitrogens is 1. The molecule has 1 aliphatic carbocycles. The average Bonchev–Trinajstić information content (AvgIpc) is 2.55. The summed E-state index contributed by atoms with van der Waals surface area (Å²) < 4.78 is 1.76. The molecule has 0 aromatic carbocycles. The SMILES string of the molecule is Cc1nn(C)c2[nH]c3c(c(=O)c12)CCCC3. The Morgan fingerprint density at radius 1 is 1.31 bits per heavy atom. The molecule has 84 valence electrons. The van der Waals surface area contributed by atoms with E-state index in [1.165, 1.54) is 6.42 Å². The minimum Gasteiger partial charge on any atom is -0.343 e. The second-order valence-corrected chi connectivity index (χ2v) is 4.55. The molecule has 0 saturated carbocycles. The van der Waals surface area contributed by atoms with Crippen LogP contribution in [-0.2, 0) is 19.9 Å². The molecule has 2 aromatic rings. The van der Waals surface area contributed by atoms with Crippen molar-refractivity contribution in [3.63, 3.8) is 0 Å². The summed E-state index contributed by atoms with van der Waals surface area (Å²) in [6.45, 7) is 1.90. The molecule has 3 rings (SSSR count). The van der Waals surface area contributed by atoms with Gasteiger partial charge in [0.15, 0.2) is 5.43 Å². The molecule has 1 aliphatic rings. The lowest BCUT2D eigenvalue weighted by atomic mass is 9.95. The zero-order chi connectivity index (χ0) is 11.3. The van der Waals surface area contributed by atoms with Crippen molar-refractivity contribution in [2.75, 3.05) is 0 Å². The van der Waals surface area contributed by atoms with Gasteiger partial charge in [0, 0.05) is 18.3 Å². The number of hydrogen-bond donors (Lipinski definition) is 1. The van der Waals surface area contributed by atoms with E-state index in [2.05, 4.69) is 10.1 Å². The maximum Gasteiger partial charge on any atom is 0.196 e. The highest BCUT2D eigenvalue weighted by molar-refractivity contribution is 5.79. The van der Waals surface area contributed by atoms with Crippen LogP contribution in [0, 0.1) is 6.92 Å². The quantitative estimate of drug-likeness (QED) is 0.726. The third-order valence-corrected chi connectivity index (χ3v) is 3.46. The van der Waals surface area contributed by atoms with Crippen LogP contribution in [-0.4, -0.2) is 14.8 Å². The first-order valence-electron chi connectivity index (χ1n) is 5.76. The van der Waals surface area contributed by atoms with Crippen molar-refractivity contribution in [1.82, 2.24) is 14.8 Å². The number of hydrogen-bond acceptors (Lipinski definition) is 2. The summed E-state index contributed by atoms with van der Waals surface area (Å²) >= 11 is 0. The third kappa shape index (κ3) is 1.16. The van der Waals surface area contributed by atoms with Crippen molar-refractivity contribution in [1.29, 1.82) is 0 Å². The molecule has 0 bridgehead atoms. The monoisotopic (exact) mass is 217 g/mol. The van der Waals surface area contributed by atoms with Crippen molar-refractivity contribution in [3.05, 3.63) is 27.2 Å². The fraction of sp³-hybridized carbons (Fsp3) is 0.500. The Morgan fingerprint density at radius 2 is 2.06 bits per heavy atom. The molecule has 0 saturated heterocycles. The van der Waals surface area contributed by atoms with Gasteiger partial charge in [0.2, 0.25) is 0 Å². The lowest BCUT2D eigenvalue weighted by Crippen LogP contribution is -2.18. The summed E-state index contributed by atoms with van der Waals surface area (Å²) in [5.74, 6) is 0. The Bertz CT molecular complexity index is 621. The van der Waals surface area contributed by atoms with Crippen LogP contribution in [0.5, 0.6) is 0 Å². The van der Waals surface area contributed by atoms with E-state index in [1.54, 1.807) is 4.68 Å². The molecular weight excluding hydrogens is 202 g/mol. The van der Waals surface area contributed by atoms with E-state index in [-0.39, 0.29) is 5.43 Å². The minimum atomic E-state index is 0.189. The Balaban J connectivity index is 2.46. The molecule has 0 atom stereocenters. The van der Waals surface area contributed by atoms with Crippen LogP contribution < -0.4 is 5.43 Å². The first-order valence-corrected chi connectivity index (χ1v) is 5.76. The molecule has 0 radical (unpaired) electrons. The highest BCUT2D eigenvalue weighted by atomic mass is 16.1. The second kappa shape index (κ2) is 3.20. The molecule has 16 heavy (non-hydrogen) atoms. The molecule has 2 heterocycles. The van der Waals surface area contributed by atoms with Crippen LogP contribution in [0.15, 0.2) is 4.79 Å². The molecule has 2 aromatic heterocycles. The maximum absolute atomic E-state index is 12.3. The first kappa shape index (κ1) is 9.63. The zero-order valence-electron chi connectivity index (χ0n) is 9.63. The summed E-state index contributed by atoms with van der Waals surface area (Å²) in [6.07, 6.45) is 4.20. The van der Waals surface area contributed by atoms with Gasteiger partial charge in [-0.15, -0.1) is 0 Å². The van der Waals surface area contributed by atoms with Crippen LogP contribution >= 0.6 is 0 Å². The highest BCUT2D eigenvalue weighted by Gasteiger charge is 2.18. The van der Waals surface area contributed by atoms with E-state index >= 15 is 0 Å². The number of fused-ring (bicyclic) bond motifs is 2. The molecule has 0 amide bonds. The van der Waals surface area contributed by atoms with Gasteiger partial charge in [-0.25, -0.2) is 0 Å². The summed E-state index contributed by atoms with van der Waals surface area (Å²) in [4.78, 5) is 15.7. The molecule has 0 fully saturated rings. The molecule has 1 N–H and O–H groups in total. The number of aromatic amines is 1. The van der Waals surface area contributed by atoms with E-state index in [0.29, 0.717) is 0 Å². The van der Waals surface area contributed by atoms with Crippen LogP contribution in [0.1, 0.15) is 29.8 Å². The summed E-state index contributed by atoms with van der Waals surface area (Å²) in [6, 6.07) is 0. The van der Waals surface area contributed by atoms with Gasteiger partial charge >= 0.3 is 0 Å². The smallest absolute Gasteiger partial charge is 0.196 e. The van der Waals surface area contributed by atoms with E-state index < -0.39 is 0 Å². The Morgan fingerprint density at radius 3 is 2.88 bits per heavy atom. The van der Waals surface area contributed by atoms with Gasteiger partial charge in [-0.05, 0) is 32.6 Å². The van der Waals surface area contributed by atoms with Crippen molar-refractivity contribution in [2.45, 2.75) is 32.6 Å². The normalized spacial score (nSPS) is 15.4. The summed E-state index contributed by atoms with van der Waals surface area (Å²) in [7, 11) is 1.88. The molecule has 0 unspecified atom stereocenters. The van der Waals surface area contributed by atoms with Crippen LogP contribution in [0.4, 0.5) is 0 Å². The van der Waals surface area contributed by atoms with Gasteiger partial charge in [0.1, 0.15) is 5.65 Å². The van der Waals surface area contributed by atoms with E-state index in [9.17, 15) is 4.79 Å². The Kier molecular flexibility index (Phi) is 1.93. The highest BCUT2D eigenvalue weighted by Crippen LogP contribution is 2.20. The minimum absolute atomic E-state index is 0.189. The van der Waals surface area contributed by atoms with E-state index in [0.717, 1.165) is 47.2 Å².